The van der Waals surface area contributed by atoms with E-state index in [4.69, 9.17) is 0 Å². The summed E-state index contributed by atoms with van der Waals surface area (Å²) < 4.78 is 1.71. The third-order valence-corrected chi connectivity index (χ3v) is 4.78. The molecule has 0 fully saturated rings. The van der Waals surface area contributed by atoms with Crippen molar-refractivity contribution in [3.8, 4) is 5.75 Å². The predicted octanol–water partition coefficient (Wildman–Crippen LogP) is 4.15. The number of nitrogens with zero attached hydrogens (tertiary/aromatic N) is 2. The quantitative estimate of drug-likeness (QED) is 0.500. The van der Waals surface area contributed by atoms with Crippen molar-refractivity contribution in [3.63, 3.8) is 0 Å². The number of phenolic OH excluding ortho intramolecular Hbond substituents is 1. The Morgan fingerprint density at radius 3 is 2.68 bits per heavy atom. The molecule has 8 heteroatoms. The van der Waals surface area contributed by atoms with Gasteiger partial charge in [0.05, 0.1) is 20.7 Å². The molecule has 1 amide bonds. The Labute approximate surface area is 152 Å². The minimum atomic E-state index is -0.364. The van der Waals surface area contributed by atoms with Gasteiger partial charge in [0.25, 0.3) is 5.91 Å². The predicted molar refractivity (Wildman–Crippen MR) is 95.2 cm³/mol. The molecule has 0 unspecified atom stereocenters. The summed E-state index contributed by atoms with van der Waals surface area (Å²) in [6.45, 7) is 1.84. The van der Waals surface area contributed by atoms with Gasteiger partial charge in [-0.05, 0) is 57.0 Å². The van der Waals surface area contributed by atoms with Gasteiger partial charge in [-0.25, -0.2) is 5.43 Å². The second kappa shape index (κ2) is 7.34. The second-order valence-corrected chi connectivity index (χ2v) is 6.81. The van der Waals surface area contributed by atoms with Crippen molar-refractivity contribution in [3.05, 3.63) is 54.6 Å². The summed E-state index contributed by atoms with van der Waals surface area (Å²) in [7, 11) is 0. The van der Waals surface area contributed by atoms with Gasteiger partial charge in [0.2, 0.25) is 0 Å². The number of aryl methyl sites for hydroxylation is 1. The van der Waals surface area contributed by atoms with Crippen LogP contribution in [0.3, 0.4) is 0 Å². The van der Waals surface area contributed by atoms with Crippen LogP contribution in [0.5, 0.6) is 5.75 Å². The van der Waals surface area contributed by atoms with Gasteiger partial charge < -0.3 is 5.11 Å². The molecule has 1 heterocycles. The average Bonchev–Trinajstić information content (AvgIpc) is 2.49. The van der Waals surface area contributed by atoms with Crippen LogP contribution < -0.4 is 5.43 Å². The largest absolute Gasteiger partial charge is 0.506 e. The van der Waals surface area contributed by atoms with Crippen LogP contribution in [0.25, 0.3) is 0 Å². The number of pyridine rings is 1. The Balaban J connectivity index is 2.15. The molecule has 0 saturated carbocycles. The van der Waals surface area contributed by atoms with Crippen molar-refractivity contribution >= 4 is 59.9 Å². The normalized spacial score (nSPS) is 10.9. The fourth-order valence-corrected chi connectivity index (χ4v) is 3.86. The highest BCUT2D eigenvalue weighted by Crippen LogP contribution is 2.38. The van der Waals surface area contributed by atoms with Crippen molar-refractivity contribution in [1.82, 2.24) is 10.4 Å². The molecule has 2 rings (SSSR count). The van der Waals surface area contributed by atoms with Gasteiger partial charge in [0, 0.05) is 21.9 Å². The number of aromatic nitrogens is 1. The van der Waals surface area contributed by atoms with Crippen molar-refractivity contribution in [2.45, 2.75) is 6.92 Å². The number of nitrogens with one attached hydrogen (secondary N) is 1. The van der Waals surface area contributed by atoms with Crippen LogP contribution in [0.15, 0.2) is 42.9 Å². The number of carbonyl (C=O) groups excluding carboxylic acids is 1. The molecule has 0 aliphatic carbocycles. The Morgan fingerprint density at radius 2 is 2.05 bits per heavy atom. The van der Waals surface area contributed by atoms with Crippen LogP contribution >= 0.6 is 47.8 Å². The van der Waals surface area contributed by atoms with Gasteiger partial charge >= 0.3 is 0 Å². The summed E-state index contributed by atoms with van der Waals surface area (Å²) in [5.41, 5.74) is 4.26. The maximum absolute atomic E-state index is 11.9. The maximum Gasteiger partial charge on any atom is 0.272 e. The van der Waals surface area contributed by atoms with Gasteiger partial charge in [-0.15, -0.1) is 0 Å². The fourth-order valence-electron chi connectivity index (χ4n) is 1.54. The zero-order valence-electron chi connectivity index (χ0n) is 11.3. The molecule has 22 heavy (non-hydrogen) atoms. The standard InChI is InChI=1S/C14H10Br3N3O2/c1-7-2-3-8(5-18-7)14(22)20-19-6-9-10(15)4-11(16)13(21)12(9)17/h2-6,21H,1H3,(H,20,22). The van der Waals surface area contributed by atoms with E-state index in [2.05, 4.69) is 63.3 Å². The monoisotopic (exact) mass is 489 g/mol. The number of hydrogen-bond acceptors (Lipinski definition) is 4. The zero-order valence-corrected chi connectivity index (χ0v) is 16.0. The molecule has 0 bridgehead atoms. The van der Waals surface area contributed by atoms with E-state index in [9.17, 15) is 9.90 Å². The first-order valence-electron chi connectivity index (χ1n) is 6.02. The highest BCUT2D eigenvalue weighted by molar-refractivity contribution is 9.11. The first-order valence-corrected chi connectivity index (χ1v) is 8.40. The number of phenols is 1. The lowest BCUT2D eigenvalue weighted by Gasteiger charge is -2.06. The highest BCUT2D eigenvalue weighted by atomic mass is 79.9. The summed E-state index contributed by atoms with van der Waals surface area (Å²) in [4.78, 5) is 15.9. The van der Waals surface area contributed by atoms with Crippen molar-refractivity contribution in [2.24, 2.45) is 5.10 Å². The Hall–Kier alpha value is -1.25. The Kier molecular flexibility index (Phi) is 5.71. The minimum Gasteiger partial charge on any atom is -0.506 e. The zero-order chi connectivity index (χ0) is 16.3. The molecule has 0 radical (unpaired) electrons. The molecule has 114 valence electrons. The number of carbonyl (C=O) groups is 1. The molecule has 0 spiro atoms. The molecule has 2 aromatic rings. The molecular formula is C14H10Br3N3O2. The summed E-state index contributed by atoms with van der Waals surface area (Å²) >= 11 is 9.87. The van der Waals surface area contributed by atoms with Crippen molar-refractivity contribution < 1.29 is 9.90 Å². The number of hydrazone groups is 1. The van der Waals surface area contributed by atoms with Gasteiger partial charge in [0.15, 0.2) is 0 Å². The van der Waals surface area contributed by atoms with E-state index >= 15 is 0 Å². The molecule has 0 aliphatic heterocycles. The Bertz CT molecular complexity index is 746. The van der Waals surface area contributed by atoms with Crippen LogP contribution in [-0.2, 0) is 0 Å². The lowest BCUT2D eigenvalue weighted by Crippen LogP contribution is -2.17. The number of rotatable bonds is 3. The third-order valence-electron chi connectivity index (χ3n) is 2.71. The molecule has 2 N–H and O–H groups in total. The molecule has 0 atom stereocenters. The molecule has 1 aromatic carbocycles. The Morgan fingerprint density at radius 1 is 1.32 bits per heavy atom. The fraction of sp³-hybridized carbons (Fsp3) is 0.0714. The topological polar surface area (TPSA) is 74.6 Å². The molecule has 1 aromatic heterocycles. The van der Waals surface area contributed by atoms with Crippen molar-refractivity contribution in [1.29, 1.82) is 0 Å². The summed E-state index contributed by atoms with van der Waals surface area (Å²) in [5, 5.41) is 13.7. The van der Waals surface area contributed by atoms with E-state index in [1.807, 2.05) is 6.92 Å². The van der Waals surface area contributed by atoms with Crippen LogP contribution in [0, 0.1) is 6.92 Å². The van der Waals surface area contributed by atoms with Gasteiger partial charge in [0.1, 0.15) is 5.75 Å². The SMILES string of the molecule is Cc1ccc(C(=O)NN=Cc2c(Br)cc(Br)c(O)c2Br)cn1. The van der Waals surface area contributed by atoms with Gasteiger partial charge in [-0.2, -0.15) is 5.10 Å². The summed E-state index contributed by atoms with van der Waals surface area (Å²) in [5.74, 6) is -0.309. The molecule has 5 nitrogen and oxygen atoms in total. The van der Waals surface area contributed by atoms with Gasteiger partial charge in [-0.3, -0.25) is 9.78 Å². The van der Waals surface area contributed by atoms with E-state index in [0.29, 0.717) is 24.5 Å². The van der Waals surface area contributed by atoms with Crippen LogP contribution in [0.4, 0.5) is 0 Å². The molecule has 0 saturated heterocycles. The van der Waals surface area contributed by atoms with Crippen LogP contribution in [0.2, 0.25) is 0 Å². The smallest absolute Gasteiger partial charge is 0.272 e. The van der Waals surface area contributed by atoms with E-state index in [0.717, 1.165) is 5.69 Å². The lowest BCUT2D eigenvalue weighted by atomic mass is 10.2. The number of benzene rings is 1. The number of halogens is 3. The maximum atomic E-state index is 11.9. The average molecular weight is 492 g/mol. The van der Waals surface area contributed by atoms with E-state index < -0.39 is 0 Å². The van der Waals surface area contributed by atoms with E-state index in [-0.39, 0.29) is 11.7 Å². The lowest BCUT2D eigenvalue weighted by molar-refractivity contribution is 0.0955. The van der Waals surface area contributed by atoms with Crippen molar-refractivity contribution in [2.75, 3.05) is 0 Å². The highest BCUT2D eigenvalue weighted by Gasteiger charge is 2.12. The number of hydrogen-bond donors (Lipinski definition) is 2. The first kappa shape index (κ1) is 17.1. The number of aromatic hydroxyl groups is 1. The summed E-state index contributed by atoms with van der Waals surface area (Å²) in [6, 6.07) is 5.11. The van der Waals surface area contributed by atoms with Crippen LogP contribution in [-0.4, -0.2) is 22.2 Å². The third kappa shape index (κ3) is 3.93. The van der Waals surface area contributed by atoms with Crippen LogP contribution in [0.1, 0.15) is 21.6 Å². The van der Waals surface area contributed by atoms with E-state index in [1.54, 1.807) is 18.2 Å². The van der Waals surface area contributed by atoms with E-state index in [1.165, 1.54) is 12.4 Å². The first-order chi connectivity index (χ1) is 10.4. The molecule has 0 aliphatic rings. The van der Waals surface area contributed by atoms with Gasteiger partial charge in [-0.1, -0.05) is 15.9 Å². The molecular weight excluding hydrogens is 482 g/mol. The second-order valence-electron chi connectivity index (χ2n) is 4.30. The number of amides is 1. The summed E-state index contributed by atoms with van der Waals surface area (Å²) in [6.07, 6.45) is 2.91. The minimum absolute atomic E-state index is 0.0544.